The average Bonchev–Trinajstić information content (AvgIpc) is 2.36. The summed E-state index contributed by atoms with van der Waals surface area (Å²) in [4.78, 5) is 11.5. The molecular weight excluding hydrogens is 276 g/mol. The van der Waals surface area contributed by atoms with Crippen molar-refractivity contribution in [3.05, 3.63) is 23.8 Å². The van der Waals surface area contributed by atoms with Crippen LogP contribution in [0.1, 0.15) is 57.3 Å². The topological polar surface area (TPSA) is 64.3 Å². The number of carbonyl (C=O) groups excluding carboxylic acids is 1. The number of esters is 1. The second kappa shape index (κ2) is 5.82. The van der Waals surface area contributed by atoms with E-state index in [1.807, 2.05) is 6.07 Å². The molecule has 3 N–H and O–H groups in total. The van der Waals surface area contributed by atoms with E-state index in [0.717, 1.165) is 18.5 Å². The minimum Gasteiger partial charge on any atom is -0.465 e. The number of benzene rings is 1. The lowest BCUT2D eigenvalue weighted by atomic mass is 9.63. The summed E-state index contributed by atoms with van der Waals surface area (Å²) >= 11 is 0. The maximum atomic E-state index is 11.5. The summed E-state index contributed by atoms with van der Waals surface area (Å²) in [6.07, 6.45) is 3.47. The summed E-state index contributed by atoms with van der Waals surface area (Å²) in [5.74, 6) is -0.363. The first-order valence-electron chi connectivity index (χ1n) is 7.86. The van der Waals surface area contributed by atoms with Crippen LogP contribution in [-0.4, -0.2) is 19.1 Å². The lowest BCUT2D eigenvalue weighted by molar-refractivity contribution is 0.0601. The number of hydrogen-bond acceptors (Lipinski definition) is 4. The number of rotatable bonds is 3. The molecule has 0 aromatic heterocycles. The largest absolute Gasteiger partial charge is 0.465 e. The van der Waals surface area contributed by atoms with Gasteiger partial charge in [-0.1, -0.05) is 27.7 Å². The number of nitrogens with one attached hydrogen (secondary N) is 1. The van der Waals surface area contributed by atoms with Crippen molar-refractivity contribution in [2.45, 2.75) is 53.0 Å². The number of nitrogens with two attached hydrogens (primary N) is 1. The minimum absolute atomic E-state index is 0.320. The van der Waals surface area contributed by atoms with E-state index in [2.05, 4.69) is 33.0 Å². The molecule has 122 valence electrons. The fraction of sp³-hybridized carbons (Fsp3) is 0.611. The van der Waals surface area contributed by atoms with Gasteiger partial charge in [-0.15, -0.1) is 0 Å². The van der Waals surface area contributed by atoms with Crippen LogP contribution in [0.3, 0.4) is 0 Å². The Hall–Kier alpha value is -1.71. The molecule has 0 amide bonds. The van der Waals surface area contributed by atoms with Crippen LogP contribution in [0.25, 0.3) is 0 Å². The summed E-state index contributed by atoms with van der Waals surface area (Å²) in [5, 5.41) is 3.57. The van der Waals surface area contributed by atoms with Gasteiger partial charge in [0.05, 0.1) is 24.0 Å². The molecule has 2 rings (SSSR count). The van der Waals surface area contributed by atoms with Gasteiger partial charge < -0.3 is 15.8 Å². The SMILES string of the molecule is COC(=O)c1ccc(NC2CC(C)(C)CC(C)(C)C2)c(N)c1. The van der Waals surface area contributed by atoms with Crippen LogP contribution in [0.15, 0.2) is 18.2 Å². The third-order valence-electron chi connectivity index (χ3n) is 4.39. The molecule has 1 aliphatic rings. The van der Waals surface area contributed by atoms with Crippen molar-refractivity contribution in [2.75, 3.05) is 18.2 Å². The first-order chi connectivity index (χ1) is 10.1. The molecule has 1 aromatic rings. The maximum absolute atomic E-state index is 11.5. The van der Waals surface area contributed by atoms with Crippen molar-refractivity contribution in [2.24, 2.45) is 10.8 Å². The van der Waals surface area contributed by atoms with E-state index in [9.17, 15) is 4.79 Å². The highest BCUT2D eigenvalue weighted by molar-refractivity contribution is 5.91. The van der Waals surface area contributed by atoms with Crippen molar-refractivity contribution < 1.29 is 9.53 Å². The quantitative estimate of drug-likeness (QED) is 0.652. The second-order valence-electron chi connectivity index (χ2n) is 8.05. The van der Waals surface area contributed by atoms with Crippen LogP contribution in [0.2, 0.25) is 0 Å². The number of hydrogen-bond donors (Lipinski definition) is 2. The zero-order valence-corrected chi connectivity index (χ0v) is 14.3. The summed E-state index contributed by atoms with van der Waals surface area (Å²) in [6, 6.07) is 5.69. The van der Waals surface area contributed by atoms with Gasteiger partial charge in [-0.3, -0.25) is 0 Å². The highest BCUT2D eigenvalue weighted by atomic mass is 16.5. The summed E-state index contributed by atoms with van der Waals surface area (Å²) in [7, 11) is 1.37. The second-order valence-corrected chi connectivity index (χ2v) is 8.05. The van der Waals surface area contributed by atoms with Crippen LogP contribution in [0.4, 0.5) is 11.4 Å². The van der Waals surface area contributed by atoms with Crippen molar-refractivity contribution in [1.29, 1.82) is 0 Å². The van der Waals surface area contributed by atoms with E-state index < -0.39 is 0 Å². The molecule has 0 bridgehead atoms. The van der Waals surface area contributed by atoms with Crippen molar-refractivity contribution in [3.8, 4) is 0 Å². The van der Waals surface area contributed by atoms with E-state index in [-0.39, 0.29) is 5.97 Å². The molecule has 0 atom stereocenters. The summed E-state index contributed by atoms with van der Waals surface area (Å²) in [5.41, 5.74) is 8.70. The molecule has 22 heavy (non-hydrogen) atoms. The Balaban J connectivity index is 2.15. The Labute approximate surface area is 133 Å². The third kappa shape index (κ3) is 3.93. The fourth-order valence-electron chi connectivity index (χ4n) is 4.11. The lowest BCUT2D eigenvalue weighted by Crippen LogP contribution is -2.40. The van der Waals surface area contributed by atoms with Gasteiger partial charge in [-0.25, -0.2) is 4.79 Å². The minimum atomic E-state index is -0.363. The van der Waals surface area contributed by atoms with Gasteiger partial charge in [0.1, 0.15) is 0 Å². The molecule has 1 aliphatic carbocycles. The van der Waals surface area contributed by atoms with Gasteiger partial charge in [0.15, 0.2) is 0 Å². The molecule has 4 nitrogen and oxygen atoms in total. The maximum Gasteiger partial charge on any atom is 0.337 e. The van der Waals surface area contributed by atoms with Crippen LogP contribution < -0.4 is 11.1 Å². The van der Waals surface area contributed by atoms with E-state index in [4.69, 9.17) is 10.5 Å². The third-order valence-corrected chi connectivity index (χ3v) is 4.39. The Bertz CT molecular complexity index is 548. The molecule has 1 aromatic carbocycles. The highest BCUT2D eigenvalue weighted by Crippen LogP contribution is 2.46. The Morgan fingerprint density at radius 3 is 2.32 bits per heavy atom. The number of nitrogen functional groups attached to an aromatic ring is 1. The number of carbonyl (C=O) groups is 1. The van der Waals surface area contributed by atoms with Gasteiger partial charge in [0.2, 0.25) is 0 Å². The molecule has 1 saturated carbocycles. The van der Waals surface area contributed by atoms with Crippen LogP contribution in [0, 0.1) is 10.8 Å². The van der Waals surface area contributed by atoms with Gasteiger partial charge in [-0.05, 0) is 48.3 Å². The zero-order chi connectivity index (χ0) is 16.5. The van der Waals surface area contributed by atoms with Crippen LogP contribution in [-0.2, 0) is 4.74 Å². The molecule has 1 fully saturated rings. The standard InChI is InChI=1S/C18H28N2O2/c1-17(2)9-13(10-18(3,4)11-17)20-15-7-6-12(8-14(15)19)16(21)22-5/h6-8,13,20H,9-11,19H2,1-5H3. The van der Waals surface area contributed by atoms with Gasteiger partial charge in [-0.2, -0.15) is 0 Å². The molecule has 0 spiro atoms. The van der Waals surface area contributed by atoms with Gasteiger partial charge >= 0.3 is 5.97 Å². The first-order valence-corrected chi connectivity index (χ1v) is 7.86. The normalized spacial score (nSPS) is 20.4. The average molecular weight is 304 g/mol. The Kier molecular flexibility index (Phi) is 4.41. The van der Waals surface area contributed by atoms with Gasteiger partial charge in [0.25, 0.3) is 0 Å². The summed E-state index contributed by atoms with van der Waals surface area (Å²) in [6.45, 7) is 9.30. The zero-order valence-electron chi connectivity index (χ0n) is 14.3. The predicted octanol–water partition coefficient (Wildman–Crippen LogP) is 4.07. The predicted molar refractivity (Wildman–Crippen MR) is 91.0 cm³/mol. The molecule has 0 saturated heterocycles. The number of methoxy groups -OCH3 is 1. The number of ether oxygens (including phenoxy) is 1. The van der Waals surface area contributed by atoms with Crippen LogP contribution >= 0.6 is 0 Å². The molecule has 0 aliphatic heterocycles. The van der Waals surface area contributed by atoms with Crippen molar-refractivity contribution >= 4 is 17.3 Å². The van der Waals surface area contributed by atoms with E-state index >= 15 is 0 Å². The lowest BCUT2D eigenvalue weighted by Gasteiger charge is -2.45. The number of anilines is 2. The van der Waals surface area contributed by atoms with E-state index in [1.165, 1.54) is 13.5 Å². The molecule has 0 heterocycles. The summed E-state index contributed by atoms with van der Waals surface area (Å²) < 4.78 is 4.72. The van der Waals surface area contributed by atoms with E-state index in [0.29, 0.717) is 28.1 Å². The van der Waals surface area contributed by atoms with Crippen molar-refractivity contribution in [3.63, 3.8) is 0 Å². The molecule has 0 radical (unpaired) electrons. The molecule has 4 heteroatoms. The first kappa shape index (κ1) is 16.7. The molecule has 0 unspecified atom stereocenters. The highest BCUT2D eigenvalue weighted by Gasteiger charge is 2.38. The molecular formula is C18H28N2O2. The monoisotopic (exact) mass is 304 g/mol. The van der Waals surface area contributed by atoms with E-state index in [1.54, 1.807) is 12.1 Å². The van der Waals surface area contributed by atoms with Crippen LogP contribution in [0.5, 0.6) is 0 Å². The van der Waals surface area contributed by atoms with Gasteiger partial charge in [0, 0.05) is 6.04 Å². The fourth-order valence-corrected chi connectivity index (χ4v) is 4.11. The Morgan fingerprint density at radius 2 is 1.82 bits per heavy atom. The van der Waals surface area contributed by atoms with Crippen molar-refractivity contribution in [1.82, 2.24) is 0 Å². The smallest absolute Gasteiger partial charge is 0.337 e. The Morgan fingerprint density at radius 1 is 1.23 bits per heavy atom.